The number of morpholine rings is 1. The van der Waals surface area contributed by atoms with Crippen molar-refractivity contribution < 1.29 is 14.2 Å². The molecular weight excluding hydrogens is 324 g/mol. The lowest BCUT2D eigenvalue weighted by molar-refractivity contribution is -0.0530. The van der Waals surface area contributed by atoms with E-state index < -0.39 is 0 Å². The van der Waals surface area contributed by atoms with E-state index in [-0.39, 0.29) is 6.10 Å². The Hall–Kier alpha value is -1.63. The minimum Gasteiger partial charge on any atom is -0.493 e. The molecule has 0 saturated carbocycles. The summed E-state index contributed by atoms with van der Waals surface area (Å²) in [7, 11) is 3.31. The second-order valence-electron chi connectivity index (χ2n) is 6.11. The normalized spacial score (nSPS) is 21.7. The second-order valence-corrected chi connectivity index (χ2v) is 6.97. The first-order valence-corrected chi connectivity index (χ1v) is 9.01. The fraction of sp³-hybridized carbons (Fsp3) is 0.500. The SMILES string of the molecule is COc1cccc(-c2nc(CN3C[C@@H](C)OC[C@H]3C)cs2)c1OC. The molecule has 3 rings (SSSR count). The van der Waals surface area contributed by atoms with Gasteiger partial charge >= 0.3 is 0 Å². The molecule has 0 bridgehead atoms. The van der Waals surface area contributed by atoms with Gasteiger partial charge in [-0.15, -0.1) is 11.3 Å². The monoisotopic (exact) mass is 348 g/mol. The predicted octanol–water partition coefficient (Wildman–Crippen LogP) is 3.44. The number of nitrogens with zero attached hydrogens (tertiary/aromatic N) is 2. The average Bonchev–Trinajstić information content (AvgIpc) is 3.05. The van der Waals surface area contributed by atoms with Crippen LogP contribution in [0.5, 0.6) is 11.5 Å². The highest BCUT2D eigenvalue weighted by Crippen LogP contribution is 2.39. The fourth-order valence-corrected chi connectivity index (χ4v) is 3.79. The Balaban J connectivity index is 1.81. The van der Waals surface area contributed by atoms with Gasteiger partial charge in [0, 0.05) is 24.5 Å². The zero-order valence-electron chi connectivity index (χ0n) is 14.6. The molecule has 0 unspecified atom stereocenters. The Morgan fingerprint density at radius 2 is 2.12 bits per heavy atom. The third-order valence-corrected chi connectivity index (χ3v) is 5.21. The van der Waals surface area contributed by atoms with E-state index in [2.05, 4.69) is 24.1 Å². The van der Waals surface area contributed by atoms with Crippen LogP contribution in [0.2, 0.25) is 0 Å². The molecule has 1 saturated heterocycles. The van der Waals surface area contributed by atoms with Crippen molar-refractivity contribution >= 4 is 11.3 Å². The maximum absolute atomic E-state index is 5.70. The average molecular weight is 348 g/mol. The van der Waals surface area contributed by atoms with Gasteiger partial charge in [0.05, 0.1) is 38.2 Å². The summed E-state index contributed by atoms with van der Waals surface area (Å²) in [5, 5.41) is 3.08. The number of para-hydroxylation sites is 1. The molecule has 2 heterocycles. The van der Waals surface area contributed by atoms with Gasteiger partial charge in [-0.2, -0.15) is 0 Å². The van der Waals surface area contributed by atoms with Crippen LogP contribution in [0.4, 0.5) is 0 Å². The van der Waals surface area contributed by atoms with Crippen molar-refractivity contribution in [2.45, 2.75) is 32.5 Å². The lowest BCUT2D eigenvalue weighted by Gasteiger charge is -2.36. The van der Waals surface area contributed by atoms with Crippen LogP contribution in [0, 0.1) is 0 Å². The van der Waals surface area contributed by atoms with Gasteiger partial charge in [0.25, 0.3) is 0 Å². The van der Waals surface area contributed by atoms with E-state index >= 15 is 0 Å². The van der Waals surface area contributed by atoms with Crippen molar-refractivity contribution in [1.82, 2.24) is 9.88 Å². The zero-order chi connectivity index (χ0) is 17.1. The van der Waals surface area contributed by atoms with E-state index in [0.29, 0.717) is 6.04 Å². The number of hydrogen-bond donors (Lipinski definition) is 0. The molecule has 1 aliphatic rings. The number of aromatic nitrogens is 1. The highest BCUT2D eigenvalue weighted by molar-refractivity contribution is 7.13. The molecule has 6 heteroatoms. The second kappa shape index (κ2) is 7.51. The van der Waals surface area contributed by atoms with Crippen molar-refractivity contribution in [3.8, 4) is 22.1 Å². The van der Waals surface area contributed by atoms with Crippen LogP contribution in [0.15, 0.2) is 23.6 Å². The highest BCUT2D eigenvalue weighted by atomic mass is 32.1. The van der Waals surface area contributed by atoms with Gasteiger partial charge in [-0.1, -0.05) is 6.07 Å². The van der Waals surface area contributed by atoms with Crippen molar-refractivity contribution in [1.29, 1.82) is 0 Å². The maximum atomic E-state index is 5.70. The van der Waals surface area contributed by atoms with E-state index in [9.17, 15) is 0 Å². The molecule has 1 aliphatic heterocycles. The fourth-order valence-electron chi connectivity index (χ4n) is 2.96. The van der Waals surface area contributed by atoms with Crippen LogP contribution in [0.1, 0.15) is 19.5 Å². The van der Waals surface area contributed by atoms with Gasteiger partial charge in [-0.05, 0) is 26.0 Å². The number of methoxy groups -OCH3 is 2. The summed E-state index contributed by atoms with van der Waals surface area (Å²) in [6.07, 6.45) is 0.276. The van der Waals surface area contributed by atoms with Crippen LogP contribution in [-0.2, 0) is 11.3 Å². The van der Waals surface area contributed by atoms with Crippen LogP contribution < -0.4 is 9.47 Å². The van der Waals surface area contributed by atoms with Crippen LogP contribution in [-0.4, -0.2) is 49.4 Å². The Morgan fingerprint density at radius 1 is 1.29 bits per heavy atom. The smallest absolute Gasteiger partial charge is 0.170 e. The van der Waals surface area contributed by atoms with Crippen molar-refractivity contribution in [3.05, 3.63) is 29.3 Å². The maximum Gasteiger partial charge on any atom is 0.170 e. The van der Waals surface area contributed by atoms with E-state index in [1.165, 1.54) is 0 Å². The summed E-state index contributed by atoms with van der Waals surface area (Å²) in [5.41, 5.74) is 2.05. The number of benzene rings is 1. The van der Waals surface area contributed by atoms with Crippen molar-refractivity contribution in [2.75, 3.05) is 27.4 Å². The topological polar surface area (TPSA) is 43.8 Å². The molecule has 2 atom stereocenters. The lowest BCUT2D eigenvalue weighted by atomic mass is 10.2. The van der Waals surface area contributed by atoms with Gasteiger partial charge in [0.1, 0.15) is 5.01 Å². The van der Waals surface area contributed by atoms with E-state index in [4.69, 9.17) is 19.2 Å². The molecule has 0 amide bonds. The number of hydrogen-bond acceptors (Lipinski definition) is 6. The van der Waals surface area contributed by atoms with Gasteiger partial charge in [0.15, 0.2) is 11.5 Å². The molecule has 1 fully saturated rings. The number of thiazole rings is 1. The molecule has 1 aromatic heterocycles. The number of ether oxygens (including phenoxy) is 3. The van der Waals surface area contributed by atoms with Crippen molar-refractivity contribution in [2.24, 2.45) is 0 Å². The summed E-state index contributed by atoms with van der Waals surface area (Å²) in [6, 6.07) is 6.29. The largest absolute Gasteiger partial charge is 0.493 e. The van der Waals surface area contributed by atoms with E-state index in [0.717, 1.165) is 47.5 Å². The summed E-state index contributed by atoms with van der Waals surface area (Å²) < 4.78 is 16.6. The van der Waals surface area contributed by atoms with E-state index in [1.54, 1.807) is 25.6 Å². The minimum atomic E-state index is 0.276. The van der Waals surface area contributed by atoms with Gasteiger partial charge in [-0.25, -0.2) is 4.98 Å². The summed E-state index contributed by atoms with van der Waals surface area (Å²) in [4.78, 5) is 7.24. The first kappa shape index (κ1) is 17.2. The first-order valence-electron chi connectivity index (χ1n) is 8.13. The predicted molar refractivity (Wildman–Crippen MR) is 95.9 cm³/mol. The summed E-state index contributed by atoms with van der Waals surface area (Å²) in [5.74, 6) is 1.46. The molecule has 130 valence electrons. The minimum absolute atomic E-state index is 0.276. The Morgan fingerprint density at radius 3 is 2.88 bits per heavy atom. The Kier molecular flexibility index (Phi) is 5.38. The van der Waals surface area contributed by atoms with Crippen LogP contribution in [0.25, 0.3) is 10.6 Å². The Labute approximate surface area is 147 Å². The van der Waals surface area contributed by atoms with Gasteiger partial charge < -0.3 is 14.2 Å². The highest BCUT2D eigenvalue weighted by Gasteiger charge is 2.24. The third kappa shape index (κ3) is 3.55. The molecule has 1 aromatic carbocycles. The quantitative estimate of drug-likeness (QED) is 0.828. The molecule has 0 aliphatic carbocycles. The molecule has 0 spiro atoms. The van der Waals surface area contributed by atoms with Crippen LogP contribution >= 0.6 is 11.3 Å². The van der Waals surface area contributed by atoms with Crippen LogP contribution in [0.3, 0.4) is 0 Å². The molecule has 0 N–H and O–H groups in total. The Bertz CT molecular complexity index is 689. The van der Waals surface area contributed by atoms with Crippen molar-refractivity contribution in [3.63, 3.8) is 0 Å². The third-order valence-electron chi connectivity index (χ3n) is 4.29. The summed E-state index contributed by atoms with van der Waals surface area (Å²) in [6.45, 7) is 6.88. The number of rotatable bonds is 5. The lowest BCUT2D eigenvalue weighted by Crippen LogP contribution is -2.46. The zero-order valence-corrected chi connectivity index (χ0v) is 15.4. The first-order chi connectivity index (χ1) is 11.6. The molecule has 2 aromatic rings. The van der Waals surface area contributed by atoms with Gasteiger partial charge in [0.2, 0.25) is 0 Å². The van der Waals surface area contributed by atoms with E-state index in [1.807, 2.05) is 18.2 Å². The molecular formula is C18H24N2O3S. The molecule has 24 heavy (non-hydrogen) atoms. The molecule has 5 nitrogen and oxygen atoms in total. The van der Waals surface area contributed by atoms with Gasteiger partial charge in [-0.3, -0.25) is 4.90 Å². The standard InChI is InChI=1S/C18H24N2O3S/c1-12-10-23-13(2)8-20(12)9-14-11-24-18(19-14)15-6-5-7-16(21-3)17(15)22-4/h5-7,11-13H,8-10H2,1-4H3/t12-,13-/m1/s1. The summed E-state index contributed by atoms with van der Waals surface area (Å²) >= 11 is 1.64. The molecule has 0 radical (unpaired) electrons.